The van der Waals surface area contributed by atoms with Gasteiger partial charge < -0.3 is 25.8 Å². The number of nitrogens with one attached hydrogen (secondary N) is 5. The Bertz CT molecular complexity index is 1580. The maximum absolute atomic E-state index is 14.4. The molecular formula is C36H51N7O6S. The van der Waals surface area contributed by atoms with Crippen molar-refractivity contribution in [2.24, 2.45) is 5.92 Å². The molecule has 14 heteroatoms. The second kappa shape index (κ2) is 14.6. The van der Waals surface area contributed by atoms with Crippen LogP contribution in [0.15, 0.2) is 36.4 Å². The smallest absolute Gasteiger partial charge is 0.318 e. The van der Waals surface area contributed by atoms with E-state index >= 15 is 0 Å². The maximum atomic E-state index is 14.4. The number of rotatable bonds is 8. The molecule has 1 aromatic rings. The molecule has 50 heavy (non-hydrogen) atoms. The molecule has 4 fully saturated rings. The Balaban J connectivity index is 1.10. The van der Waals surface area contributed by atoms with Gasteiger partial charge >= 0.3 is 6.03 Å². The average molecular weight is 710 g/mol. The third-order valence-corrected chi connectivity index (χ3v) is 13.3. The van der Waals surface area contributed by atoms with Crippen molar-refractivity contribution in [1.29, 1.82) is 0 Å². The van der Waals surface area contributed by atoms with Crippen LogP contribution >= 0.6 is 0 Å². The van der Waals surface area contributed by atoms with E-state index in [4.69, 9.17) is 0 Å². The SMILES string of the molecule is O=C1N[C@]2(C(=O)NS(=O)(=O)C3CC3)C[C@@H]2/C=C\CCCCC[C@H](NCNC2CCCC2)C(=O)N2C[C@H](NC(=O)N3Cc4ccccc4C3)C[C@@H]12. The fourth-order valence-electron chi connectivity index (χ4n) is 8.16. The van der Waals surface area contributed by atoms with Crippen molar-refractivity contribution in [3.63, 3.8) is 0 Å². The summed E-state index contributed by atoms with van der Waals surface area (Å²) in [7, 11) is -3.84. The first-order valence-electron chi connectivity index (χ1n) is 18.6. The lowest BCUT2D eigenvalue weighted by Gasteiger charge is -2.30. The number of fused-ring (bicyclic) bond motifs is 3. The second-order valence-corrected chi connectivity index (χ2v) is 17.1. The number of benzene rings is 1. The molecule has 272 valence electrons. The number of sulfonamides is 1. The first-order chi connectivity index (χ1) is 24.1. The lowest BCUT2D eigenvalue weighted by atomic mass is 10.0. The number of allylic oxidation sites excluding steroid dienone is 1. The van der Waals surface area contributed by atoms with E-state index in [1.807, 2.05) is 36.4 Å². The van der Waals surface area contributed by atoms with E-state index in [0.29, 0.717) is 45.1 Å². The highest BCUT2D eigenvalue weighted by atomic mass is 32.2. The van der Waals surface area contributed by atoms with E-state index in [1.54, 1.807) is 9.80 Å². The zero-order valence-electron chi connectivity index (χ0n) is 28.7. The van der Waals surface area contributed by atoms with Gasteiger partial charge in [-0.3, -0.25) is 24.4 Å². The van der Waals surface area contributed by atoms with Crippen LogP contribution < -0.4 is 26.0 Å². The topological polar surface area (TPSA) is 169 Å². The molecule has 5 amide bonds. The Labute approximate surface area is 294 Å². The maximum Gasteiger partial charge on any atom is 0.318 e. The fraction of sp³-hybridized carbons (Fsp3) is 0.667. The number of hydrogen-bond acceptors (Lipinski definition) is 8. The zero-order chi connectivity index (χ0) is 34.9. The Morgan fingerprint density at radius 2 is 1.62 bits per heavy atom. The zero-order valence-corrected chi connectivity index (χ0v) is 29.5. The normalized spacial score (nSPS) is 31.1. The van der Waals surface area contributed by atoms with Gasteiger partial charge in [-0.15, -0.1) is 0 Å². The van der Waals surface area contributed by atoms with Crippen molar-refractivity contribution in [2.75, 3.05) is 13.2 Å². The molecule has 0 bridgehead atoms. The minimum atomic E-state index is -3.84. The van der Waals surface area contributed by atoms with E-state index in [0.717, 1.165) is 49.7 Å². The van der Waals surface area contributed by atoms with Gasteiger partial charge in [0.25, 0.3) is 5.91 Å². The monoisotopic (exact) mass is 709 g/mol. The van der Waals surface area contributed by atoms with Crippen LogP contribution in [0.2, 0.25) is 0 Å². The lowest BCUT2D eigenvalue weighted by molar-refractivity contribution is -0.141. The van der Waals surface area contributed by atoms with E-state index in [-0.39, 0.29) is 37.2 Å². The molecule has 0 aromatic heterocycles. The summed E-state index contributed by atoms with van der Waals surface area (Å²) in [6.07, 6.45) is 14.1. The molecule has 13 nitrogen and oxygen atoms in total. The van der Waals surface area contributed by atoms with Crippen LogP contribution in [-0.4, -0.2) is 90.1 Å². The molecule has 3 saturated carbocycles. The number of amides is 5. The van der Waals surface area contributed by atoms with Crippen molar-refractivity contribution in [2.45, 2.75) is 132 Å². The number of urea groups is 1. The van der Waals surface area contributed by atoms with Gasteiger partial charge in [-0.2, -0.15) is 0 Å². The summed E-state index contributed by atoms with van der Waals surface area (Å²) < 4.78 is 27.8. The molecule has 3 aliphatic carbocycles. The van der Waals surface area contributed by atoms with Gasteiger partial charge in [-0.1, -0.05) is 62.1 Å². The van der Waals surface area contributed by atoms with Gasteiger partial charge in [-0.05, 0) is 68.9 Å². The van der Waals surface area contributed by atoms with Gasteiger partial charge in [0.1, 0.15) is 11.6 Å². The predicted octanol–water partition coefficient (Wildman–Crippen LogP) is 2.13. The Kier molecular flexibility index (Phi) is 10.2. The molecule has 0 unspecified atom stereocenters. The van der Waals surface area contributed by atoms with Gasteiger partial charge in [0, 0.05) is 38.3 Å². The van der Waals surface area contributed by atoms with Gasteiger partial charge in [-0.25, -0.2) is 13.2 Å². The molecule has 0 spiro atoms. The third kappa shape index (κ3) is 7.71. The van der Waals surface area contributed by atoms with Crippen LogP contribution in [0, 0.1) is 5.92 Å². The molecule has 7 rings (SSSR count). The molecular weight excluding hydrogens is 659 g/mol. The quantitative estimate of drug-likeness (QED) is 0.202. The van der Waals surface area contributed by atoms with Gasteiger partial charge in [0.15, 0.2) is 0 Å². The lowest BCUT2D eigenvalue weighted by Crippen LogP contribution is -2.58. The molecule has 0 radical (unpaired) electrons. The number of nitrogens with zero attached hydrogens (tertiary/aromatic N) is 2. The molecule has 1 saturated heterocycles. The van der Waals surface area contributed by atoms with Crippen LogP contribution in [0.3, 0.4) is 0 Å². The van der Waals surface area contributed by atoms with E-state index in [2.05, 4.69) is 26.0 Å². The van der Waals surface area contributed by atoms with Crippen molar-refractivity contribution in [3.05, 3.63) is 47.5 Å². The van der Waals surface area contributed by atoms with Crippen LogP contribution in [0.5, 0.6) is 0 Å². The number of hydrogen-bond donors (Lipinski definition) is 5. The minimum Gasteiger partial charge on any atom is -0.339 e. The molecule has 3 aliphatic heterocycles. The highest BCUT2D eigenvalue weighted by Gasteiger charge is 2.62. The van der Waals surface area contributed by atoms with Crippen molar-refractivity contribution >= 4 is 33.8 Å². The van der Waals surface area contributed by atoms with Crippen molar-refractivity contribution in [3.8, 4) is 0 Å². The minimum absolute atomic E-state index is 0.149. The predicted molar refractivity (Wildman–Crippen MR) is 187 cm³/mol. The summed E-state index contributed by atoms with van der Waals surface area (Å²) in [4.78, 5) is 59.1. The van der Waals surface area contributed by atoms with Crippen LogP contribution in [0.25, 0.3) is 0 Å². The molecule has 5 atom stereocenters. The van der Waals surface area contributed by atoms with Crippen molar-refractivity contribution in [1.82, 2.24) is 35.8 Å². The van der Waals surface area contributed by atoms with E-state index < -0.39 is 50.8 Å². The summed E-state index contributed by atoms with van der Waals surface area (Å²) in [5.41, 5.74) is 0.768. The standard InChI is InChI=1S/C36H51N7O6S/c44-32-31-18-28(39-35(47)42-20-24-10-6-7-11-25(24)21-42)22-43(31)33(45)30(38-23-37-27-13-8-9-14-27)15-5-3-1-2-4-12-26-19-36(26,40-32)34(46)41-50(48,49)29-16-17-29/h4,6-7,10-12,26-31,37-38H,1-3,5,8-9,13-23H2,(H,39,47)(H,40,44)(H,41,46)/b12-4-/t26-,28+,30-,31-,36+/m0/s1. The van der Waals surface area contributed by atoms with Crippen LogP contribution in [0.4, 0.5) is 4.79 Å². The molecule has 3 heterocycles. The third-order valence-electron chi connectivity index (χ3n) is 11.4. The average Bonchev–Trinajstić information content (AvgIpc) is 3.87. The Morgan fingerprint density at radius 3 is 2.34 bits per heavy atom. The highest BCUT2D eigenvalue weighted by Crippen LogP contribution is 2.46. The first-order valence-corrected chi connectivity index (χ1v) is 20.1. The summed E-state index contributed by atoms with van der Waals surface area (Å²) in [5, 5.41) is 12.4. The first kappa shape index (κ1) is 34.9. The second-order valence-electron chi connectivity index (χ2n) is 15.1. The molecule has 1 aromatic carbocycles. The molecule has 5 N–H and O–H groups in total. The fourth-order valence-corrected chi connectivity index (χ4v) is 9.52. The largest absolute Gasteiger partial charge is 0.339 e. The van der Waals surface area contributed by atoms with E-state index in [9.17, 15) is 27.6 Å². The van der Waals surface area contributed by atoms with Crippen molar-refractivity contribution < 1.29 is 27.6 Å². The van der Waals surface area contributed by atoms with Crippen LogP contribution in [-0.2, 0) is 37.5 Å². The molecule has 6 aliphatic rings. The Morgan fingerprint density at radius 1 is 0.900 bits per heavy atom. The number of carbonyl (C=O) groups excluding carboxylic acids is 4. The summed E-state index contributed by atoms with van der Waals surface area (Å²) in [6, 6.07) is 6.12. The van der Waals surface area contributed by atoms with E-state index in [1.165, 1.54) is 12.8 Å². The van der Waals surface area contributed by atoms with Gasteiger partial charge in [0.2, 0.25) is 21.8 Å². The summed E-state index contributed by atoms with van der Waals surface area (Å²) in [5.74, 6) is -1.82. The van der Waals surface area contributed by atoms with Crippen LogP contribution in [0.1, 0.15) is 94.6 Å². The number of carbonyl (C=O) groups is 4. The summed E-state index contributed by atoms with van der Waals surface area (Å²) in [6.45, 7) is 1.59. The highest BCUT2D eigenvalue weighted by molar-refractivity contribution is 7.91. The Hall–Kier alpha value is -3.49. The van der Waals surface area contributed by atoms with Gasteiger partial charge in [0.05, 0.1) is 17.3 Å². The summed E-state index contributed by atoms with van der Waals surface area (Å²) >= 11 is 0.